The van der Waals surface area contributed by atoms with Crippen LogP contribution in [-0.4, -0.2) is 73.7 Å². The zero-order chi connectivity index (χ0) is 15.4. The van der Waals surface area contributed by atoms with E-state index in [0.29, 0.717) is 18.6 Å². The molecule has 2 fully saturated rings. The van der Waals surface area contributed by atoms with Gasteiger partial charge in [0.2, 0.25) is 5.91 Å². The monoisotopic (exact) mass is 297 g/mol. The number of nitrogens with one attached hydrogen (secondary N) is 1. The van der Waals surface area contributed by atoms with Crippen molar-refractivity contribution in [2.45, 2.75) is 63.8 Å². The number of ether oxygens (including phenoxy) is 1. The zero-order valence-electron chi connectivity index (χ0n) is 14.0. The normalized spacial score (nSPS) is 34.2. The average Bonchev–Trinajstić information content (AvgIpc) is 2.46. The molecule has 2 atom stereocenters. The Morgan fingerprint density at radius 3 is 2.29 bits per heavy atom. The lowest BCUT2D eigenvalue weighted by Crippen LogP contribution is -2.52. The van der Waals surface area contributed by atoms with Crippen LogP contribution in [0.25, 0.3) is 0 Å². The van der Waals surface area contributed by atoms with Gasteiger partial charge in [-0.25, -0.2) is 0 Å². The molecule has 0 radical (unpaired) electrons. The molecule has 5 heteroatoms. The van der Waals surface area contributed by atoms with Crippen LogP contribution in [0.5, 0.6) is 0 Å². The van der Waals surface area contributed by atoms with Gasteiger partial charge in [0.25, 0.3) is 0 Å². The number of hydrogen-bond donors (Lipinski definition) is 1. The molecule has 0 bridgehead atoms. The van der Waals surface area contributed by atoms with Gasteiger partial charge in [-0.1, -0.05) is 0 Å². The van der Waals surface area contributed by atoms with E-state index in [4.69, 9.17) is 4.74 Å². The van der Waals surface area contributed by atoms with E-state index in [9.17, 15) is 4.79 Å². The first-order valence-corrected chi connectivity index (χ1v) is 8.30. The summed E-state index contributed by atoms with van der Waals surface area (Å²) in [5.74, 6) is 0.246. The summed E-state index contributed by atoms with van der Waals surface area (Å²) in [4.78, 5) is 16.7. The molecule has 1 heterocycles. The number of morpholine rings is 1. The van der Waals surface area contributed by atoms with Crippen LogP contribution in [0.4, 0.5) is 0 Å². The molecule has 1 aliphatic heterocycles. The Labute approximate surface area is 129 Å². The summed E-state index contributed by atoms with van der Waals surface area (Å²) in [6.07, 6.45) is 5.09. The van der Waals surface area contributed by atoms with Crippen molar-refractivity contribution in [3.8, 4) is 0 Å². The van der Waals surface area contributed by atoms with Crippen molar-refractivity contribution >= 4 is 5.91 Å². The highest BCUT2D eigenvalue weighted by Gasteiger charge is 2.29. The lowest BCUT2D eigenvalue weighted by molar-refractivity contribution is -0.144. The molecule has 1 aliphatic carbocycles. The Hall–Kier alpha value is -0.650. The molecular formula is C16H31N3O2. The van der Waals surface area contributed by atoms with Crippen molar-refractivity contribution in [1.82, 2.24) is 15.1 Å². The maximum Gasteiger partial charge on any atom is 0.236 e. The van der Waals surface area contributed by atoms with Crippen molar-refractivity contribution in [1.29, 1.82) is 0 Å². The fraction of sp³-hybridized carbons (Fsp3) is 0.938. The summed E-state index contributed by atoms with van der Waals surface area (Å²) in [5.41, 5.74) is 0. The van der Waals surface area contributed by atoms with Crippen LogP contribution in [0.3, 0.4) is 0 Å². The molecule has 1 N–H and O–H groups in total. The third kappa shape index (κ3) is 4.66. The van der Waals surface area contributed by atoms with Gasteiger partial charge in [0.05, 0.1) is 18.8 Å². The summed E-state index contributed by atoms with van der Waals surface area (Å²) in [7, 11) is 4.13. The maximum atomic E-state index is 12.5. The molecule has 2 unspecified atom stereocenters. The number of carbonyl (C=O) groups is 1. The van der Waals surface area contributed by atoms with Crippen molar-refractivity contribution in [3.63, 3.8) is 0 Å². The Kier molecular flexibility index (Phi) is 6.02. The van der Waals surface area contributed by atoms with Crippen LogP contribution in [0, 0.1) is 0 Å². The van der Waals surface area contributed by atoms with Crippen LogP contribution >= 0.6 is 0 Å². The molecule has 0 aromatic rings. The fourth-order valence-corrected chi connectivity index (χ4v) is 3.63. The van der Waals surface area contributed by atoms with E-state index in [-0.39, 0.29) is 18.1 Å². The smallest absolute Gasteiger partial charge is 0.236 e. The van der Waals surface area contributed by atoms with E-state index >= 15 is 0 Å². The van der Waals surface area contributed by atoms with E-state index in [1.807, 2.05) is 25.8 Å². The second kappa shape index (κ2) is 7.56. The second-order valence-corrected chi connectivity index (χ2v) is 6.77. The average molecular weight is 297 g/mol. The topological polar surface area (TPSA) is 44.8 Å². The van der Waals surface area contributed by atoms with E-state index < -0.39 is 0 Å². The molecule has 5 nitrogen and oxygen atoms in total. The Balaban J connectivity index is 1.79. The lowest BCUT2D eigenvalue weighted by Gasteiger charge is -2.38. The van der Waals surface area contributed by atoms with Gasteiger partial charge in [-0.15, -0.1) is 0 Å². The summed E-state index contributed by atoms with van der Waals surface area (Å²) < 4.78 is 5.70. The third-order valence-electron chi connectivity index (χ3n) is 4.89. The van der Waals surface area contributed by atoms with Gasteiger partial charge >= 0.3 is 0 Å². The molecular weight excluding hydrogens is 266 g/mol. The fourth-order valence-electron chi connectivity index (χ4n) is 3.63. The van der Waals surface area contributed by atoms with Gasteiger partial charge in [-0.3, -0.25) is 9.69 Å². The minimum Gasteiger partial charge on any atom is -0.372 e. The van der Waals surface area contributed by atoms with Crippen molar-refractivity contribution in [2.24, 2.45) is 0 Å². The molecule has 0 spiro atoms. The van der Waals surface area contributed by atoms with Crippen molar-refractivity contribution in [3.05, 3.63) is 0 Å². The Bertz CT molecular complexity index is 332. The van der Waals surface area contributed by atoms with Gasteiger partial charge in [-0.05, 0) is 53.6 Å². The van der Waals surface area contributed by atoms with Crippen molar-refractivity contribution in [2.75, 3.05) is 33.7 Å². The van der Waals surface area contributed by atoms with Crippen molar-refractivity contribution < 1.29 is 9.53 Å². The highest BCUT2D eigenvalue weighted by atomic mass is 16.5. The molecule has 21 heavy (non-hydrogen) atoms. The predicted molar refractivity (Wildman–Crippen MR) is 84.3 cm³/mol. The summed E-state index contributed by atoms with van der Waals surface area (Å²) in [6.45, 7) is 6.07. The van der Waals surface area contributed by atoms with E-state index in [1.165, 1.54) is 25.7 Å². The molecule has 2 rings (SSSR count). The highest BCUT2D eigenvalue weighted by molar-refractivity contribution is 5.78. The molecule has 1 saturated heterocycles. The Morgan fingerprint density at radius 1 is 1.19 bits per heavy atom. The van der Waals surface area contributed by atoms with Crippen LogP contribution in [-0.2, 0) is 9.53 Å². The second-order valence-electron chi connectivity index (χ2n) is 6.77. The molecule has 1 amide bonds. The first-order valence-electron chi connectivity index (χ1n) is 8.30. The molecule has 0 aromatic carbocycles. The maximum absolute atomic E-state index is 12.5. The molecule has 122 valence electrons. The van der Waals surface area contributed by atoms with E-state index in [2.05, 4.69) is 17.3 Å². The zero-order valence-corrected chi connectivity index (χ0v) is 14.0. The highest BCUT2D eigenvalue weighted by Crippen LogP contribution is 2.22. The van der Waals surface area contributed by atoms with Crippen LogP contribution in [0.2, 0.25) is 0 Å². The number of likely N-dealkylation sites (N-methyl/N-ethyl adjacent to an activating group) is 1. The number of nitrogens with zero attached hydrogens (tertiary/aromatic N) is 2. The van der Waals surface area contributed by atoms with Crippen LogP contribution < -0.4 is 5.32 Å². The van der Waals surface area contributed by atoms with Gasteiger partial charge in [0.1, 0.15) is 0 Å². The van der Waals surface area contributed by atoms with E-state index in [1.54, 1.807) is 0 Å². The third-order valence-corrected chi connectivity index (χ3v) is 4.89. The summed E-state index contributed by atoms with van der Waals surface area (Å²) in [5, 5.41) is 3.36. The van der Waals surface area contributed by atoms with E-state index in [0.717, 1.165) is 13.1 Å². The predicted octanol–water partition coefficient (Wildman–Crippen LogP) is 1.08. The number of hydrogen-bond acceptors (Lipinski definition) is 4. The minimum absolute atomic E-state index is 0.147. The minimum atomic E-state index is 0.147. The van der Waals surface area contributed by atoms with Gasteiger partial charge in [0.15, 0.2) is 0 Å². The van der Waals surface area contributed by atoms with Gasteiger partial charge in [-0.2, -0.15) is 0 Å². The largest absolute Gasteiger partial charge is 0.372 e. The van der Waals surface area contributed by atoms with Crippen LogP contribution in [0.15, 0.2) is 0 Å². The Morgan fingerprint density at radius 2 is 1.76 bits per heavy atom. The standard InChI is InChI=1S/C16H31N3O2/c1-12-9-19(10-13(2)21-12)16(20)11-18(4)15-7-5-14(17-3)6-8-15/h12-15,17H,5-11H2,1-4H3. The lowest BCUT2D eigenvalue weighted by atomic mass is 9.90. The number of amides is 1. The first kappa shape index (κ1) is 16.7. The molecule has 1 saturated carbocycles. The first-order chi connectivity index (χ1) is 9.99. The summed E-state index contributed by atoms with van der Waals surface area (Å²) in [6, 6.07) is 1.21. The molecule has 2 aliphatic rings. The van der Waals surface area contributed by atoms with Gasteiger partial charge < -0.3 is 15.0 Å². The van der Waals surface area contributed by atoms with Gasteiger partial charge in [0, 0.05) is 25.2 Å². The number of rotatable bonds is 4. The SMILES string of the molecule is CNC1CCC(N(C)CC(=O)N2CC(C)OC(C)C2)CC1. The number of carbonyl (C=O) groups excluding carboxylic acids is 1. The van der Waals surface area contributed by atoms with Crippen LogP contribution in [0.1, 0.15) is 39.5 Å². The quantitative estimate of drug-likeness (QED) is 0.843. The molecule has 0 aromatic heterocycles. The summed E-state index contributed by atoms with van der Waals surface area (Å²) >= 11 is 0.